The molecule has 3 aromatic rings. The maximum atomic E-state index is 13.2. The van der Waals surface area contributed by atoms with Gasteiger partial charge in [-0.25, -0.2) is 4.79 Å². The van der Waals surface area contributed by atoms with Crippen LogP contribution < -0.4 is 4.90 Å². The number of ether oxygens (including phenoxy) is 1. The van der Waals surface area contributed by atoms with E-state index in [1.165, 1.54) is 18.3 Å². The van der Waals surface area contributed by atoms with Crippen LogP contribution in [-0.2, 0) is 9.53 Å². The van der Waals surface area contributed by atoms with Gasteiger partial charge in [-0.3, -0.25) is 9.69 Å². The number of nitrogens with zero attached hydrogens (tertiary/aromatic N) is 1. The van der Waals surface area contributed by atoms with Crippen molar-refractivity contribution >= 4 is 44.3 Å². The molecule has 2 aromatic carbocycles. The monoisotopic (exact) mass is 415 g/mol. The minimum absolute atomic E-state index is 0.159. The quantitative estimate of drug-likeness (QED) is 0.578. The Morgan fingerprint density at radius 2 is 1.85 bits per heavy atom. The Morgan fingerprint density at radius 1 is 1.15 bits per heavy atom. The average Bonchev–Trinajstić information content (AvgIpc) is 3.18. The lowest BCUT2D eigenvalue weighted by atomic mass is 10.0. The fourth-order valence-corrected chi connectivity index (χ4v) is 3.72. The molecule has 6 heteroatoms. The topological polar surface area (TPSA) is 59.8 Å². The van der Waals surface area contributed by atoms with Crippen LogP contribution in [0.5, 0.6) is 0 Å². The number of rotatable bonds is 4. The second kappa shape index (κ2) is 7.33. The van der Waals surface area contributed by atoms with Crippen molar-refractivity contribution in [3.63, 3.8) is 0 Å². The van der Waals surface area contributed by atoms with E-state index in [4.69, 9.17) is 9.15 Å². The number of hydrogen-bond acceptors (Lipinski definition) is 4. The molecule has 0 spiro atoms. The minimum atomic E-state index is -0.819. The first-order chi connectivity index (χ1) is 12.5. The van der Waals surface area contributed by atoms with Crippen molar-refractivity contribution in [3.05, 3.63) is 64.5 Å². The van der Waals surface area contributed by atoms with Crippen LogP contribution in [0.3, 0.4) is 0 Å². The third-order valence-corrected chi connectivity index (χ3v) is 4.93. The first-order valence-corrected chi connectivity index (χ1v) is 8.87. The molecule has 0 saturated carbocycles. The molecule has 1 heterocycles. The molecule has 26 heavy (non-hydrogen) atoms. The molecule has 0 unspecified atom stereocenters. The fraction of sp³-hybridized carbons (Fsp3) is 0.200. The zero-order valence-electron chi connectivity index (χ0n) is 14.7. The largest absolute Gasteiger partial charge is 0.467 e. The summed E-state index contributed by atoms with van der Waals surface area (Å²) in [6, 6.07) is 12.0. The number of amides is 1. The SMILES string of the molecule is COC(=O)[C@H](C)N(C(=O)c1ccco1)c1c(C)cc(Br)c2ccccc12. The summed E-state index contributed by atoms with van der Waals surface area (Å²) in [5, 5.41) is 1.80. The van der Waals surface area contributed by atoms with Crippen LogP contribution in [0, 0.1) is 6.92 Å². The third kappa shape index (κ3) is 3.12. The molecular formula is C20H18BrNO4. The van der Waals surface area contributed by atoms with Gasteiger partial charge in [-0.1, -0.05) is 40.2 Å². The molecule has 0 saturated heterocycles. The van der Waals surface area contributed by atoms with Gasteiger partial charge in [0.15, 0.2) is 5.76 Å². The Kier molecular flexibility index (Phi) is 5.13. The van der Waals surface area contributed by atoms with E-state index in [1.54, 1.807) is 19.1 Å². The highest BCUT2D eigenvalue weighted by Gasteiger charge is 2.32. The number of benzene rings is 2. The maximum absolute atomic E-state index is 13.2. The summed E-state index contributed by atoms with van der Waals surface area (Å²) in [7, 11) is 1.31. The van der Waals surface area contributed by atoms with E-state index < -0.39 is 17.9 Å². The molecule has 1 amide bonds. The molecule has 1 atom stereocenters. The smallest absolute Gasteiger partial charge is 0.328 e. The highest BCUT2D eigenvalue weighted by molar-refractivity contribution is 9.10. The first kappa shape index (κ1) is 18.2. The van der Waals surface area contributed by atoms with Crippen molar-refractivity contribution in [2.45, 2.75) is 19.9 Å². The number of methoxy groups -OCH3 is 1. The number of carbonyl (C=O) groups excluding carboxylic acids is 2. The Labute approximate surface area is 159 Å². The predicted octanol–water partition coefficient (Wildman–Crippen LogP) is 4.71. The molecule has 3 rings (SSSR count). The molecule has 0 radical (unpaired) electrons. The van der Waals surface area contributed by atoms with Crippen molar-refractivity contribution in [2.75, 3.05) is 12.0 Å². The number of carbonyl (C=O) groups is 2. The summed E-state index contributed by atoms with van der Waals surface area (Å²) in [6.45, 7) is 3.54. The number of furan rings is 1. The summed E-state index contributed by atoms with van der Waals surface area (Å²) in [6.07, 6.45) is 1.43. The Bertz CT molecular complexity index is 965. The van der Waals surface area contributed by atoms with E-state index in [1.807, 2.05) is 37.3 Å². The highest BCUT2D eigenvalue weighted by Crippen LogP contribution is 2.37. The van der Waals surface area contributed by atoms with Crippen molar-refractivity contribution in [1.82, 2.24) is 0 Å². The minimum Gasteiger partial charge on any atom is -0.467 e. The molecule has 134 valence electrons. The number of aryl methyl sites for hydroxylation is 1. The van der Waals surface area contributed by atoms with Gasteiger partial charge in [-0.05, 0) is 43.0 Å². The molecular weight excluding hydrogens is 398 g/mol. The van der Waals surface area contributed by atoms with Gasteiger partial charge in [-0.15, -0.1) is 0 Å². The van der Waals surface area contributed by atoms with E-state index in [-0.39, 0.29) is 5.76 Å². The maximum Gasteiger partial charge on any atom is 0.328 e. The lowest BCUT2D eigenvalue weighted by Crippen LogP contribution is -2.44. The van der Waals surface area contributed by atoms with Gasteiger partial charge in [0, 0.05) is 9.86 Å². The van der Waals surface area contributed by atoms with Crippen molar-refractivity contribution in [3.8, 4) is 0 Å². The summed E-state index contributed by atoms with van der Waals surface area (Å²) < 4.78 is 11.1. The van der Waals surface area contributed by atoms with E-state index in [0.29, 0.717) is 5.69 Å². The van der Waals surface area contributed by atoms with Crippen LogP contribution in [-0.4, -0.2) is 25.0 Å². The molecule has 0 N–H and O–H groups in total. The molecule has 0 fully saturated rings. The van der Waals surface area contributed by atoms with Gasteiger partial charge in [0.25, 0.3) is 5.91 Å². The van der Waals surface area contributed by atoms with Crippen LogP contribution >= 0.6 is 15.9 Å². The second-order valence-corrected chi connectivity index (χ2v) is 6.78. The van der Waals surface area contributed by atoms with Crippen molar-refractivity contribution in [1.29, 1.82) is 0 Å². The predicted molar refractivity (Wildman–Crippen MR) is 103 cm³/mol. The number of anilines is 1. The third-order valence-electron chi connectivity index (χ3n) is 4.28. The summed E-state index contributed by atoms with van der Waals surface area (Å²) in [5.41, 5.74) is 1.51. The Balaban J connectivity index is 2.27. The standard InChI is InChI=1S/C20H18BrNO4/c1-12-11-16(21)14-7-4-5-8-15(14)18(12)22(13(2)20(24)25-3)19(23)17-9-6-10-26-17/h4-11,13H,1-3H3/t13-/m0/s1. The van der Waals surface area contributed by atoms with Gasteiger partial charge in [0.05, 0.1) is 19.1 Å². The molecule has 0 aliphatic carbocycles. The van der Waals surface area contributed by atoms with Gasteiger partial charge in [0.1, 0.15) is 6.04 Å². The normalized spacial score (nSPS) is 12.0. The van der Waals surface area contributed by atoms with E-state index in [2.05, 4.69) is 15.9 Å². The van der Waals surface area contributed by atoms with Gasteiger partial charge in [0.2, 0.25) is 0 Å². The average molecular weight is 416 g/mol. The summed E-state index contributed by atoms with van der Waals surface area (Å²) >= 11 is 3.57. The lowest BCUT2D eigenvalue weighted by molar-refractivity contribution is -0.141. The zero-order valence-corrected chi connectivity index (χ0v) is 16.2. The number of esters is 1. The molecule has 0 aliphatic heterocycles. The van der Waals surface area contributed by atoms with Crippen LogP contribution in [0.1, 0.15) is 23.0 Å². The zero-order chi connectivity index (χ0) is 18.8. The van der Waals surface area contributed by atoms with Crippen LogP contribution in [0.25, 0.3) is 10.8 Å². The van der Waals surface area contributed by atoms with Crippen LogP contribution in [0.2, 0.25) is 0 Å². The van der Waals surface area contributed by atoms with Gasteiger partial charge >= 0.3 is 5.97 Å². The van der Waals surface area contributed by atoms with Crippen LogP contribution in [0.4, 0.5) is 5.69 Å². The number of fused-ring (bicyclic) bond motifs is 1. The van der Waals surface area contributed by atoms with Crippen molar-refractivity contribution < 1.29 is 18.7 Å². The highest BCUT2D eigenvalue weighted by atomic mass is 79.9. The first-order valence-electron chi connectivity index (χ1n) is 8.08. The summed E-state index contributed by atoms with van der Waals surface area (Å²) in [5.74, 6) is -0.744. The molecule has 0 bridgehead atoms. The summed E-state index contributed by atoms with van der Waals surface area (Å²) in [4.78, 5) is 26.9. The molecule has 5 nitrogen and oxygen atoms in total. The van der Waals surface area contributed by atoms with Gasteiger partial charge in [-0.2, -0.15) is 0 Å². The Hall–Kier alpha value is -2.60. The van der Waals surface area contributed by atoms with E-state index in [0.717, 1.165) is 20.8 Å². The molecule has 0 aliphatic rings. The number of halogens is 1. The lowest BCUT2D eigenvalue weighted by Gasteiger charge is -2.29. The van der Waals surface area contributed by atoms with Crippen molar-refractivity contribution in [2.24, 2.45) is 0 Å². The Morgan fingerprint density at radius 3 is 2.46 bits per heavy atom. The van der Waals surface area contributed by atoms with E-state index in [9.17, 15) is 9.59 Å². The van der Waals surface area contributed by atoms with E-state index >= 15 is 0 Å². The second-order valence-electron chi connectivity index (χ2n) is 5.92. The van der Waals surface area contributed by atoms with Crippen LogP contribution in [0.15, 0.2) is 57.6 Å². The number of hydrogen-bond donors (Lipinski definition) is 0. The molecule has 1 aromatic heterocycles. The fourth-order valence-electron chi connectivity index (χ4n) is 3.03. The van der Waals surface area contributed by atoms with Gasteiger partial charge < -0.3 is 9.15 Å².